The van der Waals surface area contributed by atoms with Crippen LogP contribution < -0.4 is 0 Å². The largest absolute Gasteiger partial charge is 0.0940 e. The highest BCUT2D eigenvalue weighted by Gasteiger charge is 2.58. The van der Waals surface area contributed by atoms with Crippen molar-refractivity contribution in [2.45, 2.75) is 44.9 Å². The third kappa shape index (κ3) is 3.19. The van der Waals surface area contributed by atoms with Crippen LogP contribution in [0.3, 0.4) is 0 Å². The Kier molecular flexibility index (Phi) is 5.11. The van der Waals surface area contributed by atoms with Crippen molar-refractivity contribution in [1.29, 1.82) is 0 Å². The fraction of sp³-hybridized carbons (Fsp3) is 0.243. The first kappa shape index (κ1) is 23.6. The molecule has 0 fully saturated rings. The molecule has 3 atom stereocenters. The molecule has 0 N–H and O–H groups in total. The van der Waals surface area contributed by atoms with E-state index in [1.807, 2.05) is 12.1 Å². The first-order valence-electron chi connectivity index (χ1n) is 13.6. The lowest BCUT2D eigenvalue weighted by Gasteiger charge is -2.40. The minimum absolute atomic E-state index is 0.0562. The highest BCUT2D eigenvalue weighted by molar-refractivity contribution is 6.30. The van der Waals surface area contributed by atoms with Crippen molar-refractivity contribution >= 4 is 11.6 Å². The molecule has 186 valence electrons. The molecule has 4 aliphatic rings. The molecule has 3 aromatic rings. The van der Waals surface area contributed by atoms with Crippen LogP contribution in [0.15, 0.2) is 108 Å². The van der Waals surface area contributed by atoms with Crippen LogP contribution in [0.5, 0.6) is 0 Å². The molecular weight excluding hydrogens is 480 g/mol. The summed E-state index contributed by atoms with van der Waals surface area (Å²) in [5.41, 5.74) is 13.5. The topological polar surface area (TPSA) is 0 Å². The second-order valence-electron chi connectivity index (χ2n) is 12.1. The van der Waals surface area contributed by atoms with E-state index in [4.69, 9.17) is 11.6 Å². The Morgan fingerprint density at radius 3 is 2.50 bits per heavy atom. The second-order valence-corrected chi connectivity index (χ2v) is 12.6. The molecular formula is C37H31Cl. The van der Waals surface area contributed by atoms with Gasteiger partial charge in [0, 0.05) is 23.3 Å². The molecule has 0 bridgehead atoms. The SMILES string of the molecule is CC1=CC2C(C=C1)C1=C(CC#CC=C1)C21c2cc(C(C)(C)C)ccc2-c2cccc(-c3ccc(Cl)cc3)c21. The van der Waals surface area contributed by atoms with Crippen molar-refractivity contribution in [1.82, 2.24) is 0 Å². The van der Waals surface area contributed by atoms with Crippen molar-refractivity contribution in [2.24, 2.45) is 11.8 Å². The molecule has 0 heterocycles. The molecule has 4 aliphatic carbocycles. The first-order chi connectivity index (χ1) is 18.3. The molecule has 38 heavy (non-hydrogen) atoms. The third-order valence-corrected chi connectivity index (χ3v) is 9.26. The molecule has 0 saturated heterocycles. The van der Waals surface area contributed by atoms with Gasteiger partial charge in [0.15, 0.2) is 0 Å². The summed E-state index contributed by atoms with van der Waals surface area (Å²) < 4.78 is 0. The number of hydrogen-bond donors (Lipinski definition) is 0. The highest BCUT2D eigenvalue weighted by atomic mass is 35.5. The summed E-state index contributed by atoms with van der Waals surface area (Å²) in [6.45, 7) is 9.20. The average molecular weight is 511 g/mol. The Balaban J connectivity index is 1.64. The molecule has 3 unspecified atom stereocenters. The summed E-state index contributed by atoms with van der Waals surface area (Å²) in [5.74, 6) is 7.42. The summed E-state index contributed by atoms with van der Waals surface area (Å²) in [7, 11) is 0. The molecule has 3 aromatic carbocycles. The van der Waals surface area contributed by atoms with Crippen LogP contribution in [-0.2, 0) is 10.8 Å². The molecule has 0 nitrogen and oxygen atoms in total. The van der Waals surface area contributed by atoms with Gasteiger partial charge in [-0.1, -0.05) is 123 Å². The number of fused-ring (bicyclic) bond motifs is 9. The molecule has 7 rings (SSSR count). The lowest BCUT2D eigenvalue weighted by atomic mass is 9.61. The summed E-state index contributed by atoms with van der Waals surface area (Å²) >= 11 is 6.34. The van der Waals surface area contributed by atoms with E-state index < -0.39 is 0 Å². The number of benzene rings is 3. The van der Waals surface area contributed by atoms with Gasteiger partial charge >= 0.3 is 0 Å². The maximum atomic E-state index is 6.34. The number of halogens is 1. The van der Waals surface area contributed by atoms with Gasteiger partial charge in [-0.3, -0.25) is 0 Å². The normalized spacial score (nSPS) is 24.3. The van der Waals surface area contributed by atoms with Crippen LogP contribution >= 0.6 is 11.6 Å². The van der Waals surface area contributed by atoms with Gasteiger partial charge in [-0.15, -0.1) is 0 Å². The fourth-order valence-electron chi connectivity index (χ4n) is 7.36. The van der Waals surface area contributed by atoms with Gasteiger partial charge in [0.1, 0.15) is 0 Å². The minimum atomic E-state index is -0.280. The zero-order valence-electron chi connectivity index (χ0n) is 22.4. The van der Waals surface area contributed by atoms with Crippen LogP contribution in [0.4, 0.5) is 0 Å². The molecule has 0 aliphatic heterocycles. The lowest BCUT2D eigenvalue weighted by molar-refractivity contribution is 0.425. The molecule has 1 heteroatoms. The van der Waals surface area contributed by atoms with Crippen LogP contribution in [0.2, 0.25) is 5.02 Å². The summed E-state index contributed by atoms with van der Waals surface area (Å²) in [5, 5.41) is 0.764. The summed E-state index contributed by atoms with van der Waals surface area (Å²) in [6, 6.07) is 22.5. The van der Waals surface area contributed by atoms with Crippen molar-refractivity contribution in [3.63, 3.8) is 0 Å². The van der Waals surface area contributed by atoms with E-state index in [2.05, 4.69) is 118 Å². The van der Waals surface area contributed by atoms with Gasteiger partial charge in [-0.2, -0.15) is 0 Å². The van der Waals surface area contributed by atoms with Gasteiger partial charge in [0.2, 0.25) is 0 Å². The Labute approximate surface area is 231 Å². The molecule has 0 amide bonds. The minimum Gasteiger partial charge on any atom is -0.0940 e. The average Bonchev–Trinajstić information content (AvgIpc) is 3.19. The Morgan fingerprint density at radius 1 is 0.921 bits per heavy atom. The summed E-state index contributed by atoms with van der Waals surface area (Å²) in [4.78, 5) is 0. The van der Waals surface area contributed by atoms with Crippen LogP contribution in [0, 0.1) is 23.7 Å². The standard InChI is InChI=1S/C37H31Cl/c1-23-13-19-29-28-9-6-5-7-12-32(28)37(33(29)21-23)34-22-25(36(2,3)4)16-20-30(34)31-11-8-10-27(35(31)37)24-14-17-26(38)18-15-24/h6,8-11,13-22,29,33H,12H2,1-4H3. The number of allylic oxidation sites excluding steroid dienone is 8. The van der Waals surface area contributed by atoms with E-state index in [9.17, 15) is 0 Å². The fourth-order valence-corrected chi connectivity index (χ4v) is 7.49. The molecule has 0 aromatic heterocycles. The molecule has 0 radical (unpaired) electrons. The predicted molar refractivity (Wildman–Crippen MR) is 160 cm³/mol. The van der Waals surface area contributed by atoms with Crippen molar-refractivity contribution in [3.05, 3.63) is 129 Å². The third-order valence-electron chi connectivity index (χ3n) is 9.01. The monoisotopic (exact) mass is 510 g/mol. The quantitative estimate of drug-likeness (QED) is 0.286. The molecule has 1 spiro atoms. The zero-order chi connectivity index (χ0) is 26.2. The second kappa shape index (κ2) is 8.23. The van der Waals surface area contributed by atoms with E-state index in [1.165, 1.54) is 55.7 Å². The van der Waals surface area contributed by atoms with Gasteiger partial charge in [-0.25, -0.2) is 0 Å². The van der Waals surface area contributed by atoms with Gasteiger partial charge < -0.3 is 0 Å². The maximum Gasteiger partial charge on any atom is 0.0516 e. The van der Waals surface area contributed by atoms with Crippen LogP contribution in [-0.4, -0.2) is 0 Å². The van der Waals surface area contributed by atoms with E-state index in [0.29, 0.717) is 11.8 Å². The van der Waals surface area contributed by atoms with Crippen LogP contribution in [0.25, 0.3) is 22.3 Å². The Bertz CT molecular complexity index is 1690. The van der Waals surface area contributed by atoms with E-state index in [0.717, 1.165) is 11.4 Å². The zero-order valence-corrected chi connectivity index (χ0v) is 23.2. The highest BCUT2D eigenvalue weighted by Crippen LogP contribution is 2.67. The van der Waals surface area contributed by atoms with Gasteiger partial charge in [0.25, 0.3) is 0 Å². The summed E-state index contributed by atoms with van der Waals surface area (Å²) in [6.07, 6.45) is 12.4. The van der Waals surface area contributed by atoms with E-state index >= 15 is 0 Å². The van der Waals surface area contributed by atoms with Crippen LogP contribution in [0.1, 0.15) is 50.8 Å². The van der Waals surface area contributed by atoms with Crippen molar-refractivity contribution in [3.8, 4) is 34.1 Å². The Hall–Kier alpha value is -3.53. The van der Waals surface area contributed by atoms with Crippen molar-refractivity contribution in [2.75, 3.05) is 0 Å². The van der Waals surface area contributed by atoms with Gasteiger partial charge in [0.05, 0.1) is 5.41 Å². The van der Waals surface area contributed by atoms with E-state index in [1.54, 1.807) is 0 Å². The first-order valence-corrected chi connectivity index (χ1v) is 14.0. The predicted octanol–water partition coefficient (Wildman–Crippen LogP) is 9.59. The number of hydrogen-bond acceptors (Lipinski definition) is 0. The Morgan fingerprint density at radius 2 is 1.71 bits per heavy atom. The van der Waals surface area contributed by atoms with Crippen molar-refractivity contribution < 1.29 is 0 Å². The smallest absolute Gasteiger partial charge is 0.0516 e. The van der Waals surface area contributed by atoms with Gasteiger partial charge in [-0.05, 0) is 80.6 Å². The maximum absolute atomic E-state index is 6.34. The lowest BCUT2D eigenvalue weighted by Crippen LogP contribution is -2.36. The van der Waals surface area contributed by atoms with E-state index in [-0.39, 0.29) is 10.8 Å². The molecule has 0 saturated carbocycles. The number of rotatable bonds is 1.